The zero-order valence-corrected chi connectivity index (χ0v) is 28.8. The molecule has 2 aliphatic heterocycles. The fraction of sp³-hybridized carbons (Fsp3) is 0.136. The predicted molar refractivity (Wildman–Crippen MR) is 201 cm³/mol. The van der Waals surface area contributed by atoms with Gasteiger partial charge >= 0.3 is 0 Å². The number of hydrogen-bond acceptors (Lipinski definition) is 10. The molecule has 2 saturated heterocycles. The van der Waals surface area contributed by atoms with Crippen molar-refractivity contribution in [3.8, 4) is 68.5 Å². The summed E-state index contributed by atoms with van der Waals surface area (Å²) in [6.45, 7) is 2.59. The molecule has 54 heavy (non-hydrogen) atoms. The van der Waals surface area contributed by atoms with Gasteiger partial charge in [-0.15, -0.1) is 0 Å². The summed E-state index contributed by atoms with van der Waals surface area (Å²) in [5.74, 6) is 5.31. The van der Waals surface area contributed by atoms with Crippen molar-refractivity contribution in [3.05, 3.63) is 133 Å². The molecule has 0 bridgehead atoms. The van der Waals surface area contributed by atoms with Gasteiger partial charge in [0.25, 0.3) is 0 Å². The highest BCUT2D eigenvalue weighted by molar-refractivity contribution is 5.86. The van der Waals surface area contributed by atoms with E-state index in [1.807, 2.05) is 133 Å². The Labute approximate surface area is 309 Å². The summed E-state index contributed by atoms with van der Waals surface area (Å²) in [6.07, 6.45) is 0.390. The van der Waals surface area contributed by atoms with Crippen LogP contribution in [0.5, 0.6) is 34.5 Å². The summed E-state index contributed by atoms with van der Waals surface area (Å²) >= 11 is 0. The lowest BCUT2D eigenvalue weighted by molar-refractivity contribution is 0.262. The van der Waals surface area contributed by atoms with Gasteiger partial charge in [0.15, 0.2) is 11.2 Å². The first-order chi connectivity index (χ1) is 26.6. The Morgan fingerprint density at radius 3 is 1.28 bits per heavy atom. The second-order valence-corrected chi connectivity index (χ2v) is 13.1. The molecule has 0 saturated carbocycles. The van der Waals surface area contributed by atoms with Crippen molar-refractivity contribution < 1.29 is 37.3 Å². The normalized spacial score (nSPS) is 16.0. The van der Waals surface area contributed by atoms with E-state index in [0.29, 0.717) is 59.2 Å². The number of hydrogen-bond donors (Lipinski definition) is 0. The highest BCUT2D eigenvalue weighted by Gasteiger charge is 2.24. The number of benzene rings is 6. The highest BCUT2D eigenvalue weighted by atomic mass is 16.6. The third kappa shape index (κ3) is 7.20. The molecule has 8 aromatic rings. The molecule has 4 heterocycles. The van der Waals surface area contributed by atoms with E-state index in [0.717, 1.165) is 58.0 Å². The molecule has 10 rings (SSSR count). The molecule has 2 unspecified atom stereocenters. The summed E-state index contributed by atoms with van der Waals surface area (Å²) in [6, 6.07) is 42.4. The monoisotopic (exact) mass is 716 g/mol. The van der Waals surface area contributed by atoms with Crippen LogP contribution in [-0.2, 0) is 9.47 Å². The molecular formula is C44H32N2O8. The zero-order chi connectivity index (χ0) is 35.8. The largest absolute Gasteiger partial charge is 0.491 e. The van der Waals surface area contributed by atoms with Gasteiger partial charge in [-0.3, -0.25) is 0 Å². The number of epoxide rings is 2. The topological polar surface area (TPSA) is 114 Å². The summed E-state index contributed by atoms with van der Waals surface area (Å²) in [5.41, 5.74) is 6.53. The smallest absolute Gasteiger partial charge is 0.227 e. The molecular weight excluding hydrogens is 684 g/mol. The average Bonchev–Trinajstić information content (AvgIpc) is 4.14. The van der Waals surface area contributed by atoms with Crippen molar-refractivity contribution in [3.63, 3.8) is 0 Å². The van der Waals surface area contributed by atoms with Crippen molar-refractivity contribution in [1.29, 1.82) is 0 Å². The van der Waals surface area contributed by atoms with Gasteiger partial charge in [0.05, 0.1) is 13.2 Å². The third-order valence-corrected chi connectivity index (χ3v) is 9.07. The Bertz CT molecular complexity index is 2410. The minimum atomic E-state index is 0.195. The van der Waals surface area contributed by atoms with Crippen LogP contribution >= 0.6 is 0 Å². The number of ether oxygens (including phenoxy) is 6. The average molecular weight is 717 g/mol. The Morgan fingerprint density at radius 1 is 0.444 bits per heavy atom. The minimum Gasteiger partial charge on any atom is -0.491 e. The van der Waals surface area contributed by atoms with Crippen molar-refractivity contribution in [2.75, 3.05) is 26.4 Å². The van der Waals surface area contributed by atoms with Crippen LogP contribution < -0.4 is 18.9 Å². The van der Waals surface area contributed by atoms with Crippen LogP contribution in [0.25, 0.3) is 56.2 Å². The zero-order valence-electron chi connectivity index (χ0n) is 28.8. The second kappa shape index (κ2) is 13.7. The van der Waals surface area contributed by atoms with E-state index >= 15 is 0 Å². The number of nitrogens with zero attached hydrogens (tertiary/aromatic N) is 2. The van der Waals surface area contributed by atoms with E-state index in [-0.39, 0.29) is 12.2 Å². The van der Waals surface area contributed by atoms with Gasteiger partial charge in [0, 0.05) is 23.3 Å². The fourth-order valence-electron chi connectivity index (χ4n) is 6.02. The molecule has 0 spiro atoms. The Balaban J connectivity index is 0.812. The van der Waals surface area contributed by atoms with Gasteiger partial charge in [-0.05, 0) is 108 Å². The van der Waals surface area contributed by atoms with Crippen molar-refractivity contribution >= 4 is 22.2 Å². The Morgan fingerprint density at radius 2 is 0.852 bits per heavy atom. The molecule has 2 aliphatic rings. The third-order valence-electron chi connectivity index (χ3n) is 9.07. The van der Waals surface area contributed by atoms with Crippen LogP contribution in [0.4, 0.5) is 0 Å². The van der Waals surface area contributed by atoms with E-state index in [9.17, 15) is 0 Å². The summed E-state index contributed by atoms with van der Waals surface area (Å²) < 4.78 is 46.6. The second-order valence-electron chi connectivity index (χ2n) is 13.1. The van der Waals surface area contributed by atoms with E-state index in [1.165, 1.54) is 0 Å². The van der Waals surface area contributed by atoms with Gasteiger partial charge in [0.1, 0.15) is 71.0 Å². The fourth-order valence-corrected chi connectivity index (χ4v) is 6.02. The van der Waals surface area contributed by atoms with Gasteiger partial charge < -0.3 is 37.3 Å². The first kappa shape index (κ1) is 32.1. The molecule has 6 aromatic carbocycles. The first-order valence-corrected chi connectivity index (χ1v) is 17.7. The van der Waals surface area contributed by atoms with Gasteiger partial charge in [-0.1, -0.05) is 24.3 Å². The predicted octanol–water partition coefficient (Wildman–Crippen LogP) is 10.1. The van der Waals surface area contributed by atoms with Crippen molar-refractivity contribution in [1.82, 2.24) is 9.97 Å². The number of aromatic nitrogens is 2. The summed E-state index contributed by atoms with van der Waals surface area (Å²) in [5, 5.41) is 0. The number of fused-ring (bicyclic) bond motifs is 2. The van der Waals surface area contributed by atoms with Crippen LogP contribution in [0.3, 0.4) is 0 Å². The molecule has 2 aromatic heterocycles. The van der Waals surface area contributed by atoms with Crippen LogP contribution in [0.15, 0.2) is 142 Å². The van der Waals surface area contributed by atoms with Crippen LogP contribution in [0.1, 0.15) is 0 Å². The Hall–Kier alpha value is -6.62. The standard InChI is InChI=1S/C44H32N2O8/c1-3-33(47-23-37-25-49-37)21-35(5-1)51-31-13-7-27(8-14-31)43-45-39-17-11-29(19-41(39)53-43)30-12-18-40-42(20-30)54-44(46-40)28-9-15-32(16-10-28)52-36-6-2-4-34(22-36)48-24-38-26-50-38/h1-22,37-38H,23-26H2. The van der Waals surface area contributed by atoms with Gasteiger partial charge in [-0.25, -0.2) is 9.97 Å². The van der Waals surface area contributed by atoms with Gasteiger partial charge in [-0.2, -0.15) is 0 Å². The summed E-state index contributed by atoms with van der Waals surface area (Å²) in [7, 11) is 0. The van der Waals surface area contributed by atoms with Gasteiger partial charge in [0.2, 0.25) is 11.8 Å². The van der Waals surface area contributed by atoms with E-state index in [4.69, 9.17) is 47.2 Å². The van der Waals surface area contributed by atoms with Crippen molar-refractivity contribution in [2.45, 2.75) is 12.2 Å². The van der Waals surface area contributed by atoms with E-state index in [1.54, 1.807) is 0 Å². The molecule has 10 heteroatoms. The maximum absolute atomic E-state index is 6.23. The molecule has 0 radical (unpaired) electrons. The van der Waals surface area contributed by atoms with Crippen LogP contribution in [0, 0.1) is 0 Å². The maximum atomic E-state index is 6.23. The molecule has 0 N–H and O–H groups in total. The molecule has 0 amide bonds. The maximum Gasteiger partial charge on any atom is 0.227 e. The van der Waals surface area contributed by atoms with E-state index < -0.39 is 0 Å². The lowest BCUT2D eigenvalue weighted by Crippen LogP contribution is -2.03. The van der Waals surface area contributed by atoms with E-state index in [2.05, 4.69) is 0 Å². The molecule has 0 aliphatic carbocycles. The molecule has 266 valence electrons. The van der Waals surface area contributed by atoms with Crippen LogP contribution in [-0.4, -0.2) is 48.6 Å². The lowest BCUT2D eigenvalue weighted by atomic mass is 10.1. The highest BCUT2D eigenvalue weighted by Crippen LogP contribution is 2.34. The van der Waals surface area contributed by atoms with Crippen molar-refractivity contribution in [2.24, 2.45) is 0 Å². The molecule has 2 atom stereocenters. The number of oxazole rings is 2. The Kier molecular flexibility index (Phi) is 8.16. The van der Waals surface area contributed by atoms with Crippen LogP contribution in [0.2, 0.25) is 0 Å². The molecule has 2 fully saturated rings. The lowest BCUT2D eigenvalue weighted by Gasteiger charge is -2.09. The summed E-state index contributed by atoms with van der Waals surface area (Å²) in [4.78, 5) is 9.47. The molecule has 10 nitrogen and oxygen atoms in total. The minimum absolute atomic E-state index is 0.195. The number of rotatable bonds is 13. The first-order valence-electron chi connectivity index (χ1n) is 17.7. The quantitative estimate of drug-likeness (QED) is 0.107. The SMILES string of the molecule is c1cc(OCC2CO2)cc(Oc2ccc(-c3nc4ccc(-c5ccc6nc(-c7ccc(Oc8cccc(OCC9CO9)c8)cc7)oc6c5)cc4o3)cc2)c1.